The maximum Gasteiger partial charge on any atom is 0.257 e. The molecule has 2 aliphatic rings. The number of amides is 2. The van der Waals surface area contributed by atoms with Crippen LogP contribution in [0.15, 0.2) is 46.9 Å². The number of ether oxygens (including phenoxy) is 2. The van der Waals surface area contributed by atoms with Crippen molar-refractivity contribution in [2.75, 3.05) is 18.4 Å². The standard InChI is InChI=1S/C28H32N4O6S2/c1-17(2)37-22-12-20(13-23(14-22)38-21-4-7-26(29-15-21)40(35,36)24-5-6-24)27(34)31-28-30-25(16-39-28)19-8-10-32(11-9-19)18(3)33/h4,7,12-17,19,24H,5-6,8-11H2,1-3H3,(H,30,31,34). The zero-order valence-electron chi connectivity index (χ0n) is 22.6. The molecule has 1 N–H and O–H groups in total. The van der Waals surface area contributed by atoms with E-state index in [0.717, 1.165) is 18.5 Å². The van der Waals surface area contributed by atoms with E-state index in [1.165, 1.54) is 23.6 Å². The molecule has 10 nitrogen and oxygen atoms in total. The fourth-order valence-electron chi connectivity index (χ4n) is 4.57. The fraction of sp³-hybridized carbons (Fsp3) is 0.429. The lowest BCUT2D eigenvalue weighted by molar-refractivity contribution is -0.129. The summed E-state index contributed by atoms with van der Waals surface area (Å²) in [5, 5.41) is 5.01. The first-order valence-electron chi connectivity index (χ1n) is 13.3. The Balaban J connectivity index is 1.29. The number of thiazole rings is 1. The van der Waals surface area contributed by atoms with Crippen molar-refractivity contribution in [1.29, 1.82) is 0 Å². The quantitative estimate of drug-likeness (QED) is 0.371. The van der Waals surface area contributed by atoms with Crippen LogP contribution in [-0.2, 0) is 14.6 Å². The summed E-state index contributed by atoms with van der Waals surface area (Å²) in [5.41, 5.74) is 1.24. The fourth-order valence-corrected chi connectivity index (χ4v) is 6.92. The number of sulfone groups is 1. The molecule has 212 valence electrons. The lowest BCUT2D eigenvalue weighted by Crippen LogP contribution is -2.36. The van der Waals surface area contributed by atoms with Crippen molar-refractivity contribution in [2.45, 2.75) is 68.8 Å². The van der Waals surface area contributed by atoms with Gasteiger partial charge in [0.25, 0.3) is 5.91 Å². The summed E-state index contributed by atoms with van der Waals surface area (Å²) in [7, 11) is -3.40. The molecule has 1 aliphatic heterocycles. The number of anilines is 1. The molecule has 1 saturated heterocycles. The number of pyridine rings is 1. The minimum atomic E-state index is -3.40. The van der Waals surface area contributed by atoms with Gasteiger partial charge in [0.15, 0.2) is 20.0 Å². The molecule has 40 heavy (non-hydrogen) atoms. The Morgan fingerprint density at radius 2 is 1.77 bits per heavy atom. The average Bonchev–Trinajstić information content (AvgIpc) is 3.68. The molecule has 5 rings (SSSR count). The molecule has 0 radical (unpaired) electrons. The first-order valence-corrected chi connectivity index (χ1v) is 15.7. The van der Waals surface area contributed by atoms with Crippen LogP contribution in [0.3, 0.4) is 0 Å². The number of nitrogens with zero attached hydrogens (tertiary/aromatic N) is 3. The van der Waals surface area contributed by atoms with Crippen LogP contribution in [0.2, 0.25) is 0 Å². The van der Waals surface area contributed by atoms with Gasteiger partial charge in [-0.3, -0.25) is 14.9 Å². The molecule has 0 spiro atoms. The van der Waals surface area contributed by atoms with Crippen LogP contribution >= 0.6 is 11.3 Å². The Kier molecular flexibility index (Phi) is 8.09. The monoisotopic (exact) mass is 584 g/mol. The van der Waals surface area contributed by atoms with Gasteiger partial charge >= 0.3 is 0 Å². The topological polar surface area (TPSA) is 128 Å². The number of aromatic nitrogens is 2. The van der Waals surface area contributed by atoms with Gasteiger partial charge in [0, 0.05) is 42.9 Å². The normalized spacial score (nSPS) is 16.1. The summed E-state index contributed by atoms with van der Waals surface area (Å²) < 4.78 is 36.6. The van der Waals surface area contributed by atoms with Gasteiger partial charge in [-0.1, -0.05) is 0 Å². The van der Waals surface area contributed by atoms with Gasteiger partial charge in [0.2, 0.25) is 5.91 Å². The lowest BCUT2D eigenvalue weighted by atomic mass is 9.94. The predicted molar refractivity (Wildman–Crippen MR) is 151 cm³/mol. The third-order valence-electron chi connectivity index (χ3n) is 6.81. The van der Waals surface area contributed by atoms with Gasteiger partial charge in [-0.05, 0) is 63.8 Å². The molecule has 2 aromatic heterocycles. The second-order valence-electron chi connectivity index (χ2n) is 10.4. The number of hydrogen-bond donors (Lipinski definition) is 1. The van der Waals surface area contributed by atoms with Crippen molar-refractivity contribution in [1.82, 2.24) is 14.9 Å². The minimum Gasteiger partial charge on any atom is -0.491 e. The molecule has 12 heteroatoms. The van der Waals surface area contributed by atoms with Gasteiger partial charge in [-0.15, -0.1) is 11.3 Å². The average molecular weight is 585 g/mol. The molecule has 0 bridgehead atoms. The molecule has 1 saturated carbocycles. The molecule has 2 fully saturated rings. The second-order valence-corrected chi connectivity index (χ2v) is 13.4. The van der Waals surface area contributed by atoms with Gasteiger partial charge in [-0.2, -0.15) is 0 Å². The number of benzene rings is 1. The highest BCUT2D eigenvalue weighted by molar-refractivity contribution is 7.92. The Morgan fingerprint density at radius 1 is 1.05 bits per heavy atom. The van der Waals surface area contributed by atoms with Crippen LogP contribution in [0.4, 0.5) is 5.13 Å². The van der Waals surface area contributed by atoms with Gasteiger partial charge in [-0.25, -0.2) is 18.4 Å². The van der Waals surface area contributed by atoms with Crippen LogP contribution < -0.4 is 14.8 Å². The Hall–Kier alpha value is -3.51. The summed E-state index contributed by atoms with van der Waals surface area (Å²) in [4.78, 5) is 35.4. The smallest absolute Gasteiger partial charge is 0.257 e. The Bertz CT molecular complexity index is 1490. The van der Waals surface area contributed by atoms with Crippen molar-refractivity contribution in [3.8, 4) is 17.2 Å². The van der Waals surface area contributed by atoms with Crippen molar-refractivity contribution >= 4 is 38.1 Å². The van der Waals surface area contributed by atoms with E-state index in [1.54, 1.807) is 31.2 Å². The largest absolute Gasteiger partial charge is 0.491 e. The highest BCUT2D eigenvalue weighted by Gasteiger charge is 2.37. The van der Waals surface area contributed by atoms with E-state index in [0.29, 0.717) is 53.9 Å². The van der Waals surface area contributed by atoms with Crippen LogP contribution in [0.5, 0.6) is 17.2 Å². The van der Waals surface area contributed by atoms with Crippen LogP contribution in [0, 0.1) is 0 Å². The first kappa shape index (κ1) is 28.0. The van der Waals surface area contributed by atoms with E-state index in [-0.39, 0.29) is 34.1 Å². The molecule has 3 aromatic rings. The predicted octanol–water partition coefficient (Wildman–Crippen LogP) is 5.03. The van der Waals surface area contributed by atoms with Gasteiger partial charge in [0.05, 0.1) is 23.2 Å². The van der Waals surface area contributed by atoms with E-state index in [1.807, 2.05) is 24.1 Å². The maximum absolute atomic E-state index is 13.2. The minimum absolute atomic E-state index is 0.0338. The molecule has 0 atom stereocenters. The zero-order valence-corrected chi connectivity index (χ0v) is 24.3. The van der Waals surface area contributed by atoms with E-state index < -0.39 is 9.84 Å². The van der Waals surface area contributed by atoms with E-state index in [2.05, 4.69) is 15.3 Å². The lowest BCUT2D eigenvalue weighted by Gasteiger charge is -2.30. The third kappa shape index (κ3) is 6.61. The van der Waals surface area contributed by atoms with Crippen molar-refractivity contribution in [3.05, 3.63) is 53.2 Å². The molecular formula is C28H32N4O6S2. The molecular weight excluding hydrogens is 552 g/mol. The number of piperidine rings is 1. The zero-order chi connectivity index (χ0) is 28.4. The number of nitrogens with one attached hydrogen (secondary N) is 1. The maximum atomic E-state index is 13.2. The number of rotatable bonds is 9. The summed E-state index contributed by atoms with van der Waals surface area (Å²) in [5.74, 6) is 1.11. The highest BCUT2D eigenvalue weighted by Crippen LogP contribution is 2.34. The van der Waals surface area contributed by atoms with E-state index in [9.17, 15) is 18.0 Å². The summed E-state index contributed by atoms with van der Waals surface area (Å²) >= 11 is 1.36. The van der Waals surface area contributed by atoms with E-state index in [4.69, 9.17) is 9.47 Å². The van der Waals surface area contributed by atoms with Crippen molar-refractivity contribution in [2.24, 2.45) is 0 Å². The summed E-state index contributed by atoms with van der Waals surface area (Å²) in [6, 6.07) is 7.88. The van der Waals surface area contributed by atoms with Crippen LogP contribution in [0.1, 0.15) is 68.4 Å². The Labute approximate surface area is 237 Å². The molecule has 3 heterocycles. The van der Waals surface area contributed by atoms with Crippen LogP contribution in [0.25, 0.3) is 0 Å². The number of carbonyl (C=O) groups excluding carboxylic acids is 2. The molecule has 1 aromatic carbocycles. The molecule has 2 amide bonds. The number of likely N-dealkylation sites (tertiary alicyclic amines) is 1. The number of carbonyl (C=O) groups is 2. The SMILES string of the molecule is CC(=O)N1CCC(c2csc(NC(=O)c3cc(Oc4ccc(S(=O)(=O)C5CC5)nc4)cc(OC(C)C)c3)n2)CC1. The third-order valence-corrected chi connectivity index (χ3v) is 9.76. The van der Waals surface area contributed by atoms with Gasteiger partial charge < -0.3 is 14.4 Å². The van der Waals surface area contributed by atoms with E-state index >= 15 is 0 Å². The summed E-state index contributed by atoms with van der Waals surface area (Å²) in [6.45, 7) is 6.77. The highest BCUT2D eigenvalue weighted by atomic mass is 32.2. The second kappa shape index (κ2) is 11.5. The Morgan fingerprint density at radius 3 is 2.40 bits per heavy atom. The van der Waals surface area contributed by atoms with Gasteiger partial charge in [0.1, 0.15) is 17.2 Å². The first-order chi connectivity index (χ1) is 19.1. The van der Waals surface area contributed by atoms with Crippen molar-refractivity contribution in [3.63, 3.8) is 0 Å². The summed E-state index contributed by atoms with van der Waals surface area (Å²) in [6.07, 6.45) is 4.25. The van der Waals surface area contributed by atoms with Crippen molar-refractivity contribution < 1.29 is 27.5 Å². The number of hydrogen-bond acceptors (Lipinski definition) is 9. The van der Waals surface area contributed by atoms with Crippen LogP contribution in [-0.4, -0.2) is 59.5 Å². The molecule has 0 unspecified atom stereocenters. The molecule has 1 aliphatic carbocycles.